The van der Waals surface area contributed by atoms with E-state index < -0.39 is 5.91 Å². The van der Waals surface area contributed by atoms with Crippen LogP contribution < -0.4 is 15.4 Å². The molecule has 1 aromatic carbocycles. The second-order valence-corrected chi connectivity index (χ2v) is 5.21. The first-order chi connectivity index (χ1) is 11.0. The first-order valence-corrected chi connectivity index (χ1v) is 7.22. The summed E-state index contributed by atoms with van der Waals surface area (Å²) in [6.45, 7) is 3.74. The summed E-state index contributed by atoms with van der Waals surface area (Å²) in [7, 11) is 1.53. The van der Waals surface area contributed by atoms with Gasteiger partial charge in [-0.05, 0) is 38.1 Å². The van der Waals surface area contributed by atoms with Crippen LogP contribution >= 0.6 is 0 Å². The van der Waals surface area contributed by atoms with Gasteiger partial charge in [0.05, 0.1) is 12.8 Å². The smallest absolute Gasteiger partial charge is 0.274 e. The minimum Gasteiger partial charge on any atom is -0.495 e. The van der Waals surface area contributed by atoms with E-state index >= 15 is 0 Å². The Bertz CT molecular complexity index is 714. The molecule has 0 spiro atoms. The molecule has 0 unspecified atom stereocenters. The predicted octanol–water partition coefficient (Wildman–Crippen LogP) is 2.48. The van der Waals surface area contributed by atoms with Crippen molar-refractivity contribution in [1.82, 2.24) is 10.3 Å². The quantitative estimate of drug-likeness (QED) is 0.888. The summed E-state index contributed by atoms with van der Waals surface area (Å²) in [5.41, 5.74) is 1.09. The fourth-order valence-corrected chi connectivity index (χ4v) is 1.98. The number of para-hydroxylation sites is 2. The summed E-state index contributed by atoms with van der Waals surface area (Å²) >= 11 is 0. The molecule has 2 aromatic rings. The number of methoxy groups -OCH3 is 1. The van der Waals surface area contributed by atoms with Crippen molar-refractivity contribution in [2.45, 2.75) is 19.9 Å². The number of aromatic nitrogens is 1. The Labute approximate surface area is 134 Å². The van der Waals surface area contributed by atoms with E-state index in [2.05, 4.69) is 15.6 Å². The molecule has 120 valence electrons. The van der Waals surface area contributed by atoms with E-state index in [0.29, 0.717) is 17.0 Å². The normalized spacial score (nSPS) is 10.3. The number of rotatable bonds is 5. The van der Waals surface area contributed by atoms with Gasteiger partial charge in [0.1, 0.15) is 11.4 Å². The molecule has 2 rings (SSSR count). The standard InChI is InChI=1S/C17H19N3O3/c1-11(2)19-16(21)12-8-9-18-14(10-12)17(22)20-13-6-4-5-7-15(13)23-3/h4-11H,1-3H3,(H,19,21)(H,20,22). The highest BCUT2D eigenvalue weighted by Crippen LogP contribution is 2.23. The average molecular weight is 313 g/mol. The van der Waals surface area contributed by atoms with Gasteiger partial charge in [0.2, 0.25) is 0 Å². The van der Waals surface area contributed by atoms with E-state index in [1.165, 1.54) is 19.4 Å². The third-order valence-electron chi connectivity index (χ3n) is 3.03. The minimum atomic E-state index is -0.409. The zero-order valence-corrected chi connectivity index (χ0v) is 13.3. The lowest BCUT2D eigenvalue weighted by Crippen LogP contribution is -2.30. The molecule has 0 saturated carbocycles. The molecule has 0 aliphatic heterocycles. The molecular weight excluding hydrogens is 294 g/mol. The van der Waals surface area contributed by atoms with Crippen molar-refractivity contribution >= 4 is 17.5 Å². The lowest BCUT2D eigenvalue weighted by atomic mass is 10.2. The first-order valence-electron chi connectivity index (χ1n) is 7.22. The molecule has 0 radical (unpaired) electrons. The predicted molar refractivity (Wildman–Crippen MR) is 87.8 cm³/mol. The van der Waals surface area contributed by atoms with E-state index in [1.54, 1.807) is 24.3 Å². The van der Waals surface area contributed by atoms with Gasteiger partial charge in [-0.3, -0.25) is 14.6 Å². The van der Waals surface area contributed by atoms with Crippen LogP contribution in [0.2, 0.25) is 0 Å². The number of anilines is 1. The van der Waals surface area contributed by atoms with Crippen molar-refractivity contribution in [2.24, 2.45) is 0 Å². The summed E-state index contributed by atoms with van der Waals surface area (Å²) in [6, 6.07) is 10.1. The van der Waals surface area contributed by atoms with E-state index in [4.69, 9.17) is 4.74 Å². The number of hydrogen-bond acceptors (Lipinski definition) is 4. The van der Waals surface area contributed by atoms with Gasteiger partial charge in [0.15, 0.2) is 0 Å². The Morgan fingerprint density at radius 2 is 1.87 bits per heavy atom. The molecule has 0 atom stereocenters. The van der Waals surface area contributed by atoms with Crippen LogP contribution in [0.25, 0.3) is 0 Å². The molecule has 23 heavy (non-hydrogen) atoms. The molecule has 6 heteroatoms. The largest absolute Gasteiger partial charge is 0.495 e. The summed E-state index contributed by atoms with van der Waals surface area (Å²) in [6.07, 6.45) is 1.44. The molecule has 0 aliphatic rings. The van der Waals surface area contributed by atoms with Crippen LogP contribution in [0.15, 0.2) is 42.6 Å². The van der Waals surface area contributed by atoms with Crippen molar-refractivity contribution in [3.8, 4) is 5.75 Å². The maximum absolute atomic E-state index is 12.3. The highest BCUT2D eigenvalue weighted by atomic mass is 16.5. The first kappa shape index (κ1) is 16.5. The number of hydrogen-bond donors (Lipinski definition) is 2. The fourth-order valence-electron chi connectivity index (χ4n) is 1.98. The third-order valence-corrected chi connectivity index (χ3v) is 3.03. The van der Waals surface area contributed by atoms with Gasteiger partial charge in [0, 0.05) is 17.8 Å². The molecule has 0 saturated heterocycles. The SMILES string of the molecule is COc1ccccc1NC(=O)c1cc(C(=O)NC(C)C)ccn1. The van der Waals surface area contributed by atoms with Gasteiger partial charge in [-0.25, -0.2) is 0 Å². The molecule has 1 aromatic heterocycles. The second kappa shape index (κ2) is 7.40. The number of amides is 2. The molecule has 2 N–H and O–H groups in total. The molecular formula is C17H19N3O3. The van der Waals surface area contributed by atoms with E-state index in [9.17, 15) is 9.59 Å². The Hall–Kier alpha value is -2.89. The van der Waals surface area contributed by atoms with Crippen LogP contribution in [0, 0.1) is 0 Å². The van der Waals surface area contributed by atoms with Crippen molar-refractivity contribution < 1.29 is 14.3 Å². The summed E-state index contributed by atoms with van der Waals surface area (Å²) in [5.74, 6) is -0.100. The summed E-state index contributed by atoms with van der Waals surface area (Å²) in [4.78, 5) is 28.3. The van der Waals surface area contributed by atoms with Crippen molar-refractivity contribution in [2.75, 3.05) is 12.4 Å². The van der Waals surface area contributed by atoms with Crippen LogP contribution in [0.3, 0.4) is 0 Å². The molecule has 6 nitrogen and oxygen atoms in total. The number of nitrogens with zero attached hydrogens (tertiary/aromatic N) is 1. The van der Waals surface area contributed by atoms with Gasteiger partial charge in [-0.2, -0.15) is 0 Å². The van der Waals surface area contributed by atoms with Gasteiger partial charge in [0.25, 0.3) is 11.8 Å². The molecule has 0 aliphatic carbocycles. The van der Waals surface area contributed by atoms with Gasteiger partial charge >= 0.3 is 0 Å². The van der Waals surface area contributed by atoms with Crippen molar-refractivity contribution in [1.29, 1.82) is 0 Å². The maximum atomic E-state index is 12.3. The van der Waals surface area contributed by atoms with Gasteiger partial charge in [-0.15, -0.1) is 0 Å². The average Bonchev–Trinajstić information content (AvgIpc) is 2.55. The minimum absolute atomic E-state index is 0.0153. The lowest BCUT2D eigenvalue weighted by Gasteiger charge is -2.11. The number of benzene rings is 1. The monoisotopic (exact) mass is 313 g/mol. The van der Waals surface area contributed by atoms with Crippen LogP contribution in [0.5, 0.6) is 5.75 Å². The van der Waals surface area contributed by atoms with E-state index in [-0.39, 0.29) is 17.6 Å². The second-order valence-electron chi connectivity index (χ2n) is 5.21. The number of pyridine rings is 1. The summed E-state index contributed by atoms with van der Waals surface area (Å²) in [5, 5.41) is 5.50. The fraction of sp³-hybridized carbons (Fsp3) is 0.235. The summed E-state index contributed by atoms with van der Waals surface area (Å²) < 4.78 is 5.19. The number of nitrogens with one attached hydrogen (secondary N) is 2. The molecule has 0 bridgehead atoms. The maximum Gasteiger partial charge on any atom is 0.274 e. The topological polar surface area (TPSA) is 80.3 Å². The van der Waals surface area contributed by atoms with Gasteiger partial charge < -0.3 is 15.4 Å². The van der Waals surface area contributed by atoms with E-state index in [1.807, 2.05) is 19.9 Å². The van der Waals surface area contributed by atoms with E-state index in [0.717, 1.165) is 0 Å². The van der Waals surface area contributed by atoms with Crippen LogP contribution in [0.4, 0.5) is 5.69 Å². The Kier molecular flexibility index (Phi) is 5.30. The van der Waals surface area contributed by atoms with Gasteiger partial charge in [-0.1, -0.05) is 12.1 Å². The Morgan fingerprint density at radius 1 is 1.13 bits per heavy atom. The highest BCUT2D eigenvalue weighted by molar-refractivity contribution is 6.05. The zero-order valence-electron chi connectivity index (χ0n) is 13.3. The lowest BCUT2D eigenvalue weighted by molar-refractivity contribution is 0.0943. The number of ether oxygens (including phenoxy) is 1. The Morgan fingerprint density at radius 3 is 2.57 bits per heavy atom. The molecule has 1 heterocycles. The number of carbonyl (C=O) groups excluding carboxylic acids is 2. The van der Waals surface area contributed by atoms with Crippen LogP contribution in [-0.2, 0) is 0 Å². The highest BCUT2D eigenvalue weighted by Gasteiger charge is 2.14. The molecule has 2 amide bonds. The Balaban J connectivity index is 2.18. The zero-order chi connectivity index (χ0) is 16.8. The van der Waals surface area contributed by atoms with Crippen LogP contribution in [0.1, 0.15) is 34.7 Å². The third kappa shape index (κ3) is 4.29. The molecule has 0 fully saturated rings. The van der Waals surface area contributed by atoms with Crippen molar-refractivity contribution in [3.05, 3.63) is 53.9 Å². The van der Waals surface area contributed by atoms with Crippen LogP contribution in [-0.4, -0.2) is 29.9 Å². The van der Waals surface area contributed by atoms with Crippen molar-refractivity contribution in [3.63, 3.8) is 0 Å². The number of carbonyl (C=O) groups is 2.